The molecule has 146 valence electrons. The van der Waals surface area contributed by atoms with Crippen molar-refractivity contribution < 1.29 is 13.2 Å². The number of aryl methyl sites for hydroxylation is 3. The van der Waals surface area contributed by atoms with Crippen LogP contribution in [0.3, 0.4) is 0 Å². The monoisotopic (exact) mass is 398 g/mol. The number of ether oxygens (including phenoxy) is 1. The zero-order chi connectivity index (χ0) is 20.3. The maximum atomic E-state index is 12.5. The van der Waals surface area contributed by atoms with E-state index in [-0.39, 0.29) is 10.7 Å². The Balaban J connectivity index is 1.75. The van der Waals surface area contributed by atoms with E-state index in [0.717, 1.165) is 16.8 Å². The molecule has 0 saturated carbocycles. The Bertz CT molecular complexity index is 1060. The molecular formula is C20H22N4O3S. The van der Waals surface area contributed by atoms with Crippen LogP contribution in [-0.4, -0.2) is 25.7 Å². The number of nitrogens with zero attached hydrogens (tertiary/aromatic N) is 2. The number of rotatable bonds is 6. The van der Waals surface area contributed by atoms with Crippen LogP contribution in [0, 0.1) is 20.8 Å². The summed E-state index contributed by atoms with van der Waals surface area (Å²) in [6.07, 6.45) is 0. The SMILES string of the molecule is COc1ccc(S(=O)(=O)Nc2ccc(Nc3c(C)cc(C)cc3C)nn2)cc1. The van der Waals surface area contributed by atoms with Gasteiger partial charge in [0.15, 0.2) is 11.6 Å². The van der Waals surface area contributed by atoms with Crippen LogP contribution in [0.2, 0.25) is 0 Å². The second kappa shape index (κ2) is 7.85. The van der Waals surface area contributed by atoms with E-state index in [1.165, 1.54) is 24.8 Å². The molecule has 0 aliphatic carbocycles. The third kappa shape index (κ3) is 4.40. The van der Waals surface area contributed by atoms with Crippen LogP contribution in [0.1, 0.15) is 16.7 Å². The van der Waals surface area contributed by atoms with Gasteiger partial charge < -0.3 is 10.1 Å². The predicted molar refractivity (Wildman–Crippen MR) is 110 cm³/mol. The fraction of sp³-hybridized carbons (Fsp3) is 0.200. The van der Waals surface area contributed by atoms with Crippen molar-refractivity contribution in [3.63, 3.8) is 0 Å². The molecule has 0 saturated heterocycles. The summed E-state index contributed by atoms with van der Waals surface area (Å²) < 4.78 is 32.4. The van der Waals surface area contributed by atoms with Gasteiger partial charge in [-0.3, -0.25) is 4.72 Å². The van der Waals surface area contributed by atoms with E-state index in [1.54, 1.807) is 24.3 Å². The number of anilines is 3. The number of sulfonamides is 1. The van der Waals surface area contributed by atoms with Gasteiger partial charge in [0.1, 0.15) is 5.75 Å². The van der Waals surface area contributed by atoms with E-state index in [1.807, 2.05) is 20.8 Å². The summed E-state index contributed by atoms with van der Waals surface area (Å²) in [5.41, 5.74) is 4.36. The molecule has 0 unspecified atom stereocenters. The summed E-state index contributed by atoms with van der Waals surface area (Å²) in [6.45, 7) is 6.09. The topological polar surface area (TPSA) is 93.2 Å². The summed E-state index contributed by atoms with van der Waals surface area (Å²) in [5.74, 6) is 1.25. The maximum Gasteiger partial charge on any atom is 0.263 e. The van der Waals surface area contributed by atoms with Crippen molar-refractivity contribution in [3.8, 4) is 5.75 Å². The van der Waals surface area contributed by atoms with E-state index >= 15 is 0 Å². The van der Waals surface area contributed by atoms with E-state index in [2.05, 4.69) is 32.4 Å². The highest BCUT2D eigenvalue weighted by Crippen LogP contribution is 2.25. The number of hydrogen-bond acceptors (Lipinski definition) is 6. The molecule has 3 rings (SSSR count). The zero-order valence-corrected chi connectivity index (χ0v) is 17.0. The lowest BCUT2D eigenvalue weighted by molar-refractivity contribution is 0.414. The highest BCUT2D eigenvalue weighted by atomic mass is 32.2. The maximum absolute atomic E-state index is 12.5. The first kappa shape index (κ1) is 19.6. The minimum Gasteiger partial charge on any atom is -0.497 e. The van der Waals surface area contributed by atoms with Crippen LogP contribution in [0.5, 0.6) is 5.75 Å². The molecule has 3 aromatic rings. The van der Waals surface area contributed by atoms with Gasteiger partial charge in [-0.25, -0.2) is 8.42 Å². The first-order valence-electron chi connectivity index (χ1n) is 8.64. The lowest BCUT2D eigenvalue weighted by Gasteiger charge is -2.13. The summed E-state index contributed by atoms with van der Waals surface area (Å²) in [5, 5.41) is 11.3. The van der Waals surface area contributed by atoms with Crippen molar-refractivity contribution in [1.29, 1.82) is 0 Å². The first-order chi connectivity index (χ1) is 13.3. The van der Waals surface area contributed by atoms with Crippen LogP contribution in [0.15, 0.2) is 53.4 Å². The van der Waals surface area contributed by atoms with Gasteiger partial charge in [0.25, 0.3) is 10.0 Å². The number of hydrogen-bond donors (Lipinski definition) is 2. The van der Waals surface area contributed by atoms with Crippen molar-refractivity contribution in [3.05, 3.63) is 65.2 Å². The van der Waals surface area contributed by atoms with E-state index in [0.29, 0.717) is 11.6 Å². The Morgan fingerprint density at radius 2 is 1.43 bits per heavy atom. The lowest BCUT2D eigenvalue weighted by Crippen LogP contribution is -2.14. The molecule has 0 fully saturated rings. The minimum atomic E-state index is -3.76. The van der Waals surface area contributed by atoms with Crippen molar-refractivity contribution >= 4 is 27.3 Å². The van der Waals surface area contributed by atoms with Crippen molar-refractivity contribution in [2.45, 2.75) is 25.7 Å². The summed E-state index contributed by atoms with van der Waals surface area (Å²) in [4.78, 5) is 0.114. The Morgan fingerprint density at radius 1 is 0.857 bits per heavy atom. The molecule has 0 aliphatic rings. The molecule has 1 aromatic heterocycles. The Kier molecular flexibility index (Phi) is 5.51. The smallest absolute Gasteiger partial charge is 0.263 e. The van der Waals surface area contributed by atoms with Crippen LogP contribution in [0.4, 0.5) is 17.3 Å². The average molecular weight is 398 g/mol. The average Bonchev–Trinajstić information content (AvgIpc) is 2.66. The van der Waals surface area contributed by atoms with Gasteiger partial charge in [0.2, 0.25) is 0 Å². The van der Waals surface area contributed by atoms with Crippen molar-refractivity contribution in [2.75, 3.05) is 17.1 Å². The predicted octanol–water partition coefficient (Wildman–Crippen LogP) is 3.95. The zero-order valence-electron chi connectivity index (χ0n) is 16.1. The minimum absolute atomic E-state index is 0.114. The molecule has 8 heteroatoms. The Morgan fingerprint density at radius 3 is 1.96 bits per heavy atom. The lowest BCUT2D eigenvalue weighted by atomic mass is 10.1. The van der Waals surface area contributed by atoms with E-state index in [4.69, 9.17) is 4.74 Å². The van der Waals surface area contributed by atoms with Gasteiger partial charge in [-0.15, -0.1) is 10.2 Å². The van der Waals surface area contributed by atoms with Crippen LogP contribution < -0.4 is 14.8 Å². The van der Waals surface area contributed by atoms with E-state index < -0.39 is 10.0 Å². The second-order valence-electron chi connectivity index (χ2n) is 6.48. The fourth-order valence-electron chi connectivity index (χ4n) is 2.91. The molecule has 7 nitrogen and oxygen atoms in total. The Labute approximate surface area is 164 Å². The normalized spacial score (nSPS) is 11.1. The number of nitrogens with one attached hydrogen (secondary N) is 2. The summed E-state index contributed by atoms with van der Waals surface area (Å²) >= 11 is 0. The highest BCUT2D eigenvalue weighted by Gasteiger charge is 2.15. The van der Waals surface area contributed by atoms with Gasteiger partial charge in [-0.1, -0.05) is 17.7 Å². The molecule has 0 bridgehead atoms. The first-order valence-corrected chi connectivity index (χ1v) is 10.1. The molecule has 0 atom stereocenters. The Hall–Kier alpha value is -3.13. The molecule has 0 spiro atoms. The fourth-order valence-corrected chi connectivity index (χ4v) is 3.91. The number of aromatic nitrogens is 2. The second-order valence-corrected chi connectivity index (χ2v) is 8.17. The van der Waals surface area contributed by atoms with Crippen molar-refractivity contribution in [2.24, 2.45) is 0 Å². The van der Waals surface area contributed by atoms with Crippen molar-refractivity contribution in [1.82, 2.24) is 10.2 Å². The largest absolute Gasteiger partial charge is 0.497 e. The molecule has 0 radical (unpaired) electrons. The standard InChI is InChI=1S/C20H22N4O3S/c1-13-11-14(2)20(15(3)12-13)21-18-9-10-19(23-22-18)24-28(25,26)17-7-5-16(27-4)6-8-17/h5-12H,1-4H3,(H,21,22)(H,23,24). The van der Waals surface area contributed by atoms with Crippen LogP contribution >= 0.6 is 0 Å². The molecule has 28 heavy (non-hydrogen) atoms. The van der Waals surface area contributed by atoms with Gasteiger partial charge in [-0.05, 0) is 68.3 Å². The van der Waals surface area contributed by atoms with Crippen LogP contribution in [0.25, 0.3) is 0 Å². The molecule has 0 amide bonds. The number of benzene rings is 2. The van der Waals surface area contributed by atoms with Gasteiger partial charge in [0.05, 0.1) is 12.0 Å². The van der Waals surface area contributed by atoms with Gasteiger partial charge in [-0.2, -0.15) is 0 Å². The molecule has 2 aromatic carbocycles. The van der Waals surface area contributed by atoms with Crippen LogP contribution in [-0.2, 0) is 10.0 Å². The number of methoxy groups -OCH3 is 1. The third-order valence-corrected chi connectivity index (χ3v) is 5.57. The molecule has 1 heterocycles. The summed E-state index contributed by atoms with van der Waals surface area (Å²) in [6, 6.07) is 13.5. The van der Waals surface area contributed by atoms with Gasteiger partial charge >= 0.3 is 0 Å². The summed E-state index contributed by atoms with van der Waals surface area (Å²) in [7, 11) is -2.24. The van der Waals surface area contributed by atoms with Gasteiger partial charge in [0, 0.05) is 5.69 Å². The highest BCUT2D eigenvalue weighted by molar-refractivity contribution is 7.92. The molecule has 0 aliphatic heterocycles. The third-order valence-electron chi connectivity index (χ3n) is 4.20. The molecule has 2 N–H and O–H groups in total. The van der Waals surface area contributed by atoms with E-state index in [9.17, 15) is 8.42 Å². The molecular weight excluding hydrogens is 376 g/mol. The quantitative estimate of drug-likeness (QED) is 0.653.